The summed E-state index contributed by atoms with van der Waals surface area (Å²) in [5.41, 5.74) is 1.01. The first kappa shape index (κ1) is 13.8. The molecule has 1 rings (SSSR count). The van der Waals surface area contributed by atoms with Crippen LogP contribution in [0.2, 0.25) is 0 Å². The highest BCUT2D eigenvalue weighted by atomic mass is 16.5. The van der Waals surface area contributed by atoms with Crippen LogP contribution in [0, 0.1) is 5.41 Å². The highest BCUT2D eigenvalue weighted by Crippen LogP contribution is 2.26. The lowest BCUT2D eigenvalue weighted by Crippen LogP contribution is -2.32. The number of aliphatic hydroxyl groups excluding tert-OH is 1. The van der Waals surface area contributed by atoms with E-state index >= 15 is 0 Å². The molecule has 96 valence electrons. The number of hydrogen-bond acceptors (Lipinski definition) is 3. The molecule has 1 aromatic carbocycles. The van der Waals surface area contributed by atoms with Crippen LogP contribution >= 0.6 is 0 Å². The summed E-state index contributed by atoms with van der Waals surface area (Å²) in [6, 6.07) is 7.85. The fraction of sp³-hybridized carbons (Fsp3) is 0.571. The van der Waals surface area contributed by atoms with E-state index in [1.165, 1.54) is 0 Å². The first-order valence-electron chi connectivity index (χ1n) is 6.18. The first-order chi connectivity index (χ1) is 8.19. The van der Waals surface area contributed by atoms with Crippen LogP contribution in [-0.4, -0.2) is 25.4 Å². The first-order valence-corrected chi connectivity index (χ1v) is 6.18. The number of anilines is 1. The van der Waals surface area contributed by atoms with Gasteiger partial charge in [0.1, 0.15) is 5.75 Å². The van der Waals surface area contributed by atoms with E-state index in [9.17, 15) is 5.11 Å². The third-order valence-electron chi connectivity index (χ3n) is 3.57. The van der Waals surface area contributed by atoms with Crippen molar-refractivity contribution >= 4 is 5.69 Å². The van der Waals surface area contributed by atoms with E-state index in [1.807, 2.05) is 24.3 Å². The number of benzene rings is 1. The lowest BCUT2D eigenvalue weighted by Gasteiger charge is -2.30. The van der Waals surface area contributed by atoms with Crippen molar-refractivity contribution in [3.8, 4) is 5.75 Å². The van der Waals surface area contributed by atoms with Crippen LogP contribution in [0.5, 0.6) is 5.75 Å². The van der Waals surface area contributed by atoms with E-state index in [1.54, 1.807) is 7.11 Å². The summed E-state index contributed by atoms with van der Waals surface area (Å²) in [6.07, 6.45) is 1.94. The Hall–Kier alpha value is -1.22. The molecule has 0 aromatic heterocycles. The predicted octanol–water partition coefficient (Wildman–Crippen LogP) is 2.91. The van der Waals surface area contributed by atoms with Gasteiger partial charge in [0.25, 0.3) is 0 Å². The van der Waals surface area contributed by atoms with Crippen molar-refractivity contribution in [2.24, 2.45) is 5.41 Å². The second kappa shape index (κ2) is 6.50. The molecule has 3 nitrogen and oxygen atoms in total. The van der Waals surface area contributed by atoms with Gasteiger partial charge in [-0.1, -0.05) is 19.9 Å². The Kier molecular flexibility index (Phi) is 5.29. The molecule has 3 heteroatoms. The normalized spacial score (nSPS) is 11.3. The smallest absolute Gasteiger partial charge is 0.120 e. The maximum atomic E-state index is 9.49. The van der Waals surface area contributed by atoms with Crippen molar-refractivity contribution < 1.29 is 9.84 Å². The zero-order chi connectivity index (χ0) is 12.7. The van der Waals surface area contributed by atoms with E-state index in [-0.39, 0.29) is 12.0 Å². The van der Waals surface area contributed by atoms with Gasteiger partial charge in [-0.05, 0) is 25.0 Å². The molecule has 2 N–H and O–H groups in total. The summed E-state index contributed by atoms with van der Waals surface area (Å²) in [4.78, 5) is 0. The number of methoxy groups -OCH3 is 1. The maximum absolute atomic E-state index is 9.49. The molecule has 0 radical (unpaired) electrons. The molecular formula is C14H23NO2. The van der Waals surface area contributed by atoms with Gasteiger partial charge in [0.2, 0.25) is 0 Å². The Balaban J connectivity index is 2.65. The molecule has 0 atom stereocenters. The van der Waals surface area contributed by atoms with Crippen LogP contribution in [0.15, 0.2) is 24.3 Å². The van der Waals surface area contributed by atoms with Crippen LogP contribution in [-0.2, 0) is 0 Å². The molecule has 0 bridgehead atoms. The van der Waals surface area contributed by atoms with Gasteiger partial charge in [0, 0.05) is 23.7 Å². The predicted molar refractivity (Wildman–Crippen MR) is 71.6 cm³/mol. The molecule has 0 spiro atoms. The standard InChI is InChI=1S/C14H23NO2/c1-4-14(5-2,11-16)10-15-12-7-6-8-13(9-12)17-3/h6-9,15-16H,4-5,10-11H2,1-3H3. The Morgan fingerprint density at radius 1 is 1.29 bits per heavy atom. The molecule has 0 unspecified atom stereocenters. The third-order valence-corrected chi connectivity index (χ3v) is 3.57. The minimum Gasteiger partial charge on any atom is -0.497 e. The molecule has 0 amide bonds. The van der Waals surface area contributed by atoms with Crippen molar-refractivity contribution in [2.45, 2.75) is 26.7 Å². The van der Waals surface area contributed by atoms with Crippen molar-refractivity contribution in [2.75, 3.05) is 25.6 Å². The summed E-state index contributed by atoms with van der Waals surface area (Å²) < 4.78 is 5.18. The number of hydrogen-bond donors (Lipinski definition) is 2. The summed E-state index contributed by atoms with van der Waals surface area (Å²) in [6.45, 7) is 5.24. The lowest BCUT2D eigenvalue weighted by atomic mass is 9.83. The van der Waals surface area contributed by atoms with E-state index < -0.39 is 0 Å². The maximum Gasteiger partial charge on any atom is 0.120 e. The monoisotopic (exact) mass is 237 g/mol. The van der Waals surface area contributed by atoms with Crippen molar-refractivity contribution in [1.29, 1.82) is 0 Å². The van der Waals surface area contributed by atoms with E-state index in [4.69, 9.17) is 4.74 Å². The van der Waals surface area contributed by atoms with Gasteiger partial charge in [-0.25, -0.2) is 0 Å². The fourth-order valence-corrected chi connectivity index (χ4v) is 1.80. The van der Waals surface area contributed by atoms with Gasteiger partial charge in [-0.2, -0.15) is 0 Å². The number of ether oxygens (including phenoxy) is 1. The lowest BCUT2D eigenvalue weighted by molar-refractivity contribution is 0.127. The summed E-state index contributed by atoms with van der Waals surface area (Å²) in [5.74, 6) is 0.845. The second-order valence-electron chi connectivity index (χ2n) is 4.45. The quantitative estimate of drug-likeness (QED) is 0.766. The highest BCUT2D eigenvalue weighted by molar-refractivity contribution is 5.48. The zero-order valence-electron chi connectivity index (χ0n) is 11.0. The Labute approximate surface area is 104 Å². The summed E-state index contributed by atoms with van der Waals surface area (Å²) >= 11 is 0. The zero-order valence-corrected chi connectivity index (χ0v) is 11.0. The molecule has 1 aromatic rings. The third kappa shape index (κ3) is 3.63. The van der Waals surface area contributed by atoms with Crippen molar-refractivity contribution in [3.05, 3.63) is 24.3 Å². The minimum absolute atomic E-state index is 0.0247. The van der Waals surface area contributed by atoms with Gasteiger partial charge >= 0.3 is 0 Å². The largest absolute Gasteiger partial charge is 0.497 e. The molecule has 0 heterocycles. The van der Waals surface area contributed by atoms with Crippen LogP contribution in [0.4, 0.5) is 5.69 Å². The molecule has 0 fully saturated rings. The van der Waals surface area contributed by atoms with E-state index in [0.717, 1.165) is 30.8 Å². The molecular weight excluding hydrogens is 214 g/mol. The number of aliphatic hydroxyl groups is 1. The average Bonchev–Trinajstić information content (AvgIpc) is 2.41. The Bertz CT molecular complexity index is 326. The van der Waals surface area contributed by atoms with Gasteiger partial charge in [0.05, 0.1) is 13.7 Å². The molecule has 0 saturated heterocycles. The van der Waals surface area contributed by atoms with Crippen LogP contribution in [0.25, 0.3) is 0 Å². The fourth-order valence-electron chi connectivity index (χ4n) is 1.80. The van der Waals surface area contributed by atoms with Crippen LogP contribution < -0.4 is 10.1 Å². The SMILES string of the molecule is CCC(CC)(CO)CNc1cccc(OC)c1. The summed E-state index contributed by atoms with van der Waals surface area (Å²) in [5, 5.41) is 12.9. The van der Waals surface area contributed by atoms with Gasteiger partial charge in [-0.15, -0.1) is 0 Å². The second-order valence-corrected chi connectivity index (χ2v) is 4.45. The van der Waals surface area contributed by atoms with Gasteiger partial charge in [0.15, 0.2) is 0 Å². The van der Waals surface area contributed by atoms with Gasteiger partial charge in [-0.3, -0.25) is 0 Å². The van der Waals surface area contributed by atoms with E-state index in [2.05, 4.69) is 19.2 Å². The minimum atomic E-state index is -0.0247. The van der Waals surface area contributed by atoms with Crippen LogP contribution in [0.3, 0.4) is 0 Å². The highest BCUT2D eigenvalue weighted by Gasteiger charge is 2.24. The Morgan fingerprint density at radius 2 is 2.00 bits per heavy atom. The van der Waals surface area contributed by atoms with Crippen LogP contribution in [0.1, 0.15) is 26.7 Å². The van der Waals surface area contributed by atoms with E-state index in [0.29, 0.717) is 0 Å². The van der Waals surface area contributed by atoms with Crippen molar-refractivity contribution in [1.82, 2.24) is 0 Å². The van der Waals surface area contributed by atoms with Crippen molar-refractivity contribution in [3.63, 3.8) is 0 Å². The number of rotatable bonds is 7. The topological polar surface area (TPSA) is 41.5 Å². The molecule has 0 aliphatic carbocycles. The molecule has 17 heavy (non-hydrogen) atoms. The average molecular weight is 237 g/mol. The van der Waals surface area contributed by atoms with Gasteiger partial charge < -0.3 is 15.2 Å². The molecule has 0 saturated carbocycles. The molecule has 0 aliphatic rings. The number of nitrogens with one attached hydrogen (secondary N) is 1. The Morgan fingerprint density at radius 3 is 2.53 bits per heavy atom. The summed E-state index contributed by atoms with van der Waals surface area (Å²) in [7, 11) is 1.66. The molecule has 0 aliphatic heterocycles.